The Morgan fingerprint density at radius 1 is 1.73 bits per heavy atom. The summed E-state index contributed by atoms with van der Waals surface area (Å²) in [6.45, 7) is 3.78. The molecule has 0 bridgehead atoms. The second-order valence-electron chi connectivity index (χ2n) is 2.59. The Morgan fingerprint density at radius 2 is 2.27 bits per heavy atom. The Balaban J connectivity index is 3.64. The van der Waals surface area contributed by atoms with Crippen LogP contribution in [0.2, 0.25) is 0 Å². The van der Waals surface area contributed by atoms with Crippen LogP contribution in [-0.2, 0) is 0 Å². The van der Waals surface area contributed by atoms with Crippen LogP contribution in [0, 0.1) is 0 Å². The van der Waals surface area contributed by atoms with Crippen LogP contribution < -0.4 is 9.86 Å². The summed E-state index contributed by atoms with van der Waals surface area (Å²) in [7, 11) is 6.77. The van der Waals surface area contributed by atoms with E-state index in [2.05, 4.69) is 11.3 Å². The smallest absolute Gasteiger partial charge is 0.299 e. The van der Waals surface area contributed by atoms with Crippen molar-refractivity contribution >= 4 is 35.6 Å². The minimum atomic E-state index is 0.811. The van der Waals surface area contributed by atoms with Crippen molar-refractivity contribution in [3.05, 3.63) is 12.4 Å². The van der Waals surface area contributed by atoms with Crippen LogP contribution in [0.5, 0.6) is 0 Å². The second-order valence-corrected chi connectivity index (χ2v) is 3.03. The maximum Gasteiger partial charge on any atom is 0.299 e. The first-order chi connectivity index (χ1) is 5.07. The summed E-state index contributed by atoms with van der Waals surface area (Å²) in [5, 5.41) is 5.20. The molecule has 0 unspecified atom stereocenters. The molecular formula is C3H13B3N4S. The maximum absolute atomic E-state index is 5.20. The van der Waals surface area contributed by atoms with Crippen molar-refractivity contribution < 1.29 is 0 Å². The number of nitrogens with zero attached hydrogens (tertiary/aromatic N) is 2. The molecule has 0 heterocycles. The molecule has 0 spiro atoms. The third kappa shape index (κ3) is 5.12. The van der Waals surface area contributed by atoms with Crippen LogP contribution in [0.25, 0.3) is 0 Å². The molecule has 3 N–H and O–H groups in total. The van der Waals surface area contributed by atoms with Gasteiger partial charge in [0.25, 0.3) is 7.55 Å². The molecule has 0 aromatic rings. The van der Waals surface area contributed by atoms with E-state index in [-0.39, 0.29) is 0 Å². The van der Waals surface area contributed by atoms with Crippen LogP contribution in [0.15, 0.2) is 12.4 Å². The van der Waals surface area contributed by atoms with E-state index in [1.807, 2.05) is 32.5 Å². The molecule has 0 rings (SSSR count). The standard InChI is InChI=1S/C3H13B3N4S/c1-3(8-11-7)10(5)6-9(2)4/h6,8H,1,4-5,7H2,2H3. The molecule has 0 aliphatic carbocycles. The van der Waals surface area contributed by atoms with Crippen molar-refractivity contribution in [3.63, 3.8) is 0 Å². The van der Waals surface area contributed by atoms with Crippen LogP contribution in [0.3, 0.4) is 0 Å². The van der Waals surface area contributed by atoms with E-state index in [4.69, 9.17) is 5.14 Å². The lowest BCUT2D eigenvalue weighted by atomic mass is 9.95. The molecule has 0 saturated heterocycles. The predicted octanol–water partition coefficient (Wildman–Crippen LogP) is -2.83. The highest BCUT2D eigenvalue weighted by atomic mass is 32.2. The molecule has 8 heteroatoms. The molecule has 0 aromatic heterocycles. The Kier molecular flexibility index (Phi) is 5.36. The minimum absolute atomic E-state index is 0.811. The molecule has 0 aliphatic rings. The molecule has 60 valence electrons. The van der Waals surface area contributed by atoms with Crippen LogP contribution in [-0.4, -0.2) is 40.0 Å². The third-order valence-corrected chi connectivity index (χ3v) is 1.49. The molecule has 0 aromatic carbocycles. The van der Waals surface area contributed by atoms with Gasteiger partial charge in [0, 0.05) is 12.1 Å². The van der Waals surface area contributed by atoms with E-state index in [0.29, 0.717) is 0 Å². The fourth-order valence-electron chi connectivity index (χ4n) is 0.656. The van der Waals surface area contributed by atoms with E-state index in [9.17, 15) is 0 Å². The molecule has 0 amide bonds. The fraction of sp³-hybridized carbons (Fsp3) is 0.333. The summed E-state index contributed by atoms with van der Waals surface area (Å²) in [6.07, 6.45) is 0. The van der Waals surface area contributed by atoms with Crippen LogP contribution in [0.4, 0.5) is 0 Å². The van der Waals surface area contributed by atoms with Gasteiger partial charge in [0.2, 0.25) is 7.98 Å². The highest BCUT2D eigenvalue weighted by Gasteiger charge is 2.03. The largest absolute Gasteiger partial charge is 0.443 e. The quantitative estimate of drug-likeness (QED) is 0.343. The normalized spacial score (nSPS) is 9.36. The van der Waals surface area contributed by atoms with Gasteiger partial charge in [0.1, 0.15) is 0 Å². The Hall–Kier alpha value is -0.195. The van der Waals surface area contributed by atoms with Gasteiger partial charge < -0.3 is 14.2 Å². The van der Waals surface area contributed by atoms with Gasteiger partial charge in [-0.15, -0.1) is 0 Å². The number of nitrogens with two attached hydrogens (primary N) is 1. The van der Waals surface area contributed by atoms with Gasteiger partial charge in [-0.05, 0) is 7.05 Å². The molecule has 0 aliphatic heterocycles. The summed E-state index contributed by atoms with van der Waals surface area (Å²) >= 11 is 1.06. The van der Waals surface area contributed by atoms with Crippen molar-refractivity contribution in [2.45, 2.75) is 0 Å². The average Bonchev–Trinajstić information content (AvgIpc) is 1.86. The van der Waals surface area contributed by atoms with Crippen LogP contribution >= 0.6 is 12.1 Å². The summed E-state index contributed by atoms with van der Waals surface area (Å²) < 4.78 is 6.87. The van der Waals surface area contributed by atoms with Gasteiger partial charge in [0.05, 0.1) is 5.82 Å². The molecule has 4 nitrogen and oxygen atoms in total. The number of nitrogens with one attached hydrogen (secondary N) is 1. The minimum Gasteiger partial charge on any atom is -0.443 e. The first kappa shape index (κ1) is 10.8. The Labute approximate surface area is 75.0 Å². The molecule has 0 fully saturated rings. The highest BCUT2D eigenvalue weighted by Crippen LogP contribution is 1.93. The van der Waals surface area contributed by atoms with Gasteiger partial charge in [-0.3, -0.25) is 5.14 Å². The van der Waals surface area contributed by atoms with E-state index in [1.165, 1.54) is 0 Å². The molecule has 11 heavy (non-hydrogen) atoms. The van der Waals surface area contributed by atoms with E-state index >= 15 is 0 Å². The molecule has 0 atom stereocenters. The van der Waals surface area contributed by atoms with Crippen molar-refractivity contribution in [1.29, 1.82) is 0 Å². The molecule has 0 saturated carbocycles. The van der Waals surface area contributed by atoms with Gasteiger partial charge in [-0.1, -0.05) is 6.58 Å². The zero-order valence-corrected chi connectivity index (χ0v) is 8.11. The number of hydrogen-bond acceptors (Lipinski definition) is 5. The SMILES string of the molecule is BN(C)BN(B)C(=C)NSN. The van der Waals surface area contributed by atoms with Gasteiger partial charge in [-0.2, -0.15) is 0 Å². The lowest BCUT2D eigenvalue weighted by Crippen LogP contribution is -2.38. The van der Waals surface area contributed by atoms with E-state index < -0.39 is 0 Å². The lowest BCUT2D eigenvalue weighted by molar-refractivity contribution is 0.723. The van der Waals surface area contributed by atoms with Gasteiger partial charge >= 0.3 is 0 Å². The predicted molar refractivity (Wildman–Crippen MR) is 57.9 cm³/mol. The van der Waals surface area contributed by atoms with Crippen molar-refractivity contribution in [3.8, 4) is 0 Å². The first-order valence-corrected chi connectivity index (χ1v) is 4.12. The van der Waals surface area contributed by atoms with E-state index in [1.54, 1.807) is 0 Å². The summed E-state index contributed by atoms with van der Waals surface area (Å²) in [5.41, 5.74) is 0. The van der Waals surface area contributed by atoms with Crippen molar-refractivity contribution in [2.75, 3.05) is 7.05 Å². The maximum atomic E-state index is 5.20. The zero-order valence-electron chi connectivity index (χ0n) is 7.29. The monoisotopic (exact) mass is 170 g/mol. The van der Waals surface area contributed by atoms with Crippen LogP contribution in [0.1, 0.15) is 0 Å². The summed E-state index contributed by atoms with van der Waals surface area (Å²) in [6, 6.07) is 0. The lowest BCUT2D eigenvalue weighted by Gasteiger charge is -2.24. The third-order valence-electron chi connectivity index (χ3n) is 1.13. The Morgan fingerprint density at radius 3 is 2.64 bits per heavy atom. The van der Waals surface area contributed by atoms with E-state index in [0.717, 1.165) is 25.5 Å². The summed E-state index contributed by atoms with van der Waals surface area (Å²) in [5.74, 6) is 0.811. The highest BCUT2D eigenvalue weighted by molar-refractivity contribution is 7.95. The average molecular weight is 170 g/mol. The summed E-state index contributed by atoms with van der Waals surface area (Å²) in [4.78, 5) is 0. The van der Waals surface area contributed by atoms with Gasteiger partial charge in [-0.25, -0.2) is 0 Å². The first-order valence-electron chi connectivity index (χ1n) is 3.24. The number of hydrogen-bond donors (Lipinski definition) is 2. The molecular weight excluding hydrogens is 157 g/mol. The molecule has 0 radical (unpaired) electrons. The second kappa shape index (κ2) is 5.45. The number of rotatable bonds is 5. The Bertz CT molecular complexity index is 132. The topological polar surface area (TPSA) is 44.5 Å². The fourth-order valence-corrected chi connectivity index (χ4v) is 0.947. The zero-order chi connectivity index (χ0) is 8.85. The van der Waals surface area contributed by atoms with Gasteiger partial charge in [0.15, 0.2) is 7.98 Å². The van der Waals surface area contributed by atoms with Crippen molar-refractivity contribution in [2.24, 2.45) is 5.14 Å². The van der Waals surface area contributed by atoms with Crippen molar-refractivity contribution in [1.82, 2.24) is 14.2 Å².